The van der Waals surface area contributed by atoms with Crippen molar-refractivity contribution in [3.8, 4) is 5.75 Å². The summed E-state index contributed by atoms with van der Waals surface area (Å²) in [6.45, 7) is 2.01. The van der Waals surface area contributed by atoms with E-state index in [0.717, 1.165) is 43.0 Å². The van der Waals surface area contributed by atoms with E-state index in [9.17, 15) is 0 Å². The number of hydrogen-bond donors (Lipinski definition) is 1. The summed E-state index contributed by atoms with van der Waals surface area (Å²) >= 11 is 0. The standard InChI is InChI=1S/C18H21N5O/c1-24-16-6-2-5-15(10-16)22-8-3-4-14(12-22)21-18-17-11-19-13-23(17)9-7-20-18/h2,5-7,9-11,13-14H,3-4,8,12H2,1H3,(H,20,21). The number of rotatable bonds is 4. The largest absolute Gasteiger partial charge is 0.497 e. The number of anilines is 2. The Kier molecular flexibility index (Phi) is 3.94. The highest BCUT2D eigenvalue weighted by Crippen LogP contribution is 2.25. The van der Waals surface area contributed by atoms with E-state index >= 15 is 0 Å². The summed E-state index contributed by atoms with van der Waals surface area (Å²) < 4.78 is 7.33. The molecule has 6 nitrogen and oxygen atoms in total. The topological polar surface area (TPSA) is 54.7 Å². The van der Waals surface area contributed by atoms with E-state index in [2.05, 4.69) is 32.3 Å². The highest BCUT2D eigenvalue weighted by molar-refractivity contribution is 5.67. The zero-order chi connectivity index (χ0) is 16.4. The van der Waals surface area contributed by atoms with Gasteiger partial charge in [-0.1, -0.05) is 6.07 Å². The van der Waals surface area contributed by atoms with Crippen molar-refractivity contribution < 1.29 is 4.74 Å². The van der Waals surface area contributed by atoms with Crippen LogP contribution in [0.3, 0.4) is 0 Å². The predicted molar refractivity (Wildman–Crippen MR) is 94.8 cm³/mol. The predicted octanol–water partition coefficient (Wildman–Crippen LogP) is 2.82. The number of ether oxygens (including phenoxy) is 1. The molecule has 4 rings (SSSR count). The van der Waals surface area contributed by atoms with Crippen molar-refractivity contribution in [2.75, 3.05) is 30.4 Å². The quantitative estimate of drug-likeness (QED) is 0.800. The maximum Gasteiger partial charge on any atom is 0.152 e. The van der Waals surface area contributed by atoms with E-state index in [4.69, 9.17) is 4.74 Å². The van der Waals surface area contributed by atoms with Gasteiger partial charge in [0.05, 0.1) is 19.6 Å². The van der Waals surface area contributed by atoms with Gasteiger partial charge in [0.1, 0.15) is 11.3 Å². The smallest absolute Gasteiger partial charge is 0.152 e. The summed E-state index contributed by atoms with van der Waals surface area (Å²) in [4.78, 5) is 11.1. The molecule has 1 N–H and O–H groups in total. The maximum absolute atomic E-state index is 5.35. The third-order valence-corrected chi connectivity index (χ3v) is 4.52. The van der Waals surface area contributed by atoms with Gasteiger partial charge >= 0.3 is 0 Å². The zero-order valence-electron chi connectivity index (χ0n) is 13.7. The summed E-state index contributed by atoms with van der Waals surface area (Å²) in [5, 5.41) is 3.59. The number of piperidine rings is 1. The highest BCUT2D eigenvalue weighted by Gasteiger charge is 2.21. The fourth-order valence-corrected chi connectivity index (χ4v) is 3.29. The second kappa shape index (κ2) is 6.39. The van der Waals surface area contributed by atoms with Gasteiger partial charge in [0.25, 0.3) is 0 Å². The maximum atomic E-state index is 5.35. The van der Waals surface area contributed by atoms with Gasteiger partial charge in [0.2, 0.25) is 0 Å². The molecule has 0 spiro atoms. The van der Waals surface area contributed by atoms with Crippen LogP contribution in [0.25, 0.3) is 5.52 Å². The van der Waals surface area contributed by atoms with Crippen LogP contribution in [0.1, 0.15) is 12.8 Å². The number of methoxy groups -OCH3 is 1. The van der Waals surface area contributed by atoms with Gasteiger partial charge in [0, 0.05) is 43.3 Å². The fraction of sp³-hybridized carbons (Fsp3) is 0.333. The molecule has 3 aromatic rings. The number of hydrogen-bond acceptors (Lipinski definition) is 5. The number of benzene rings is 1. The molecule has 1 aliphatic heterocycles. The van der Waals surface area contributed by atoms with Crippen molar-refractivity contribution in [1.82, 2.24) is 14.4 Å². The summed E-state index contributed by atoms with van der Waals surface area (Å²) in [5.74, 6) is 1.79. The number of aromatic nitrogens is 3. The lowest BCUT2D eigenvalue weighted by molar-refractivity contribution is 0.414. The monoisotopic (exact) mass is 323 g/mol. The van der Waals surface area contributed by atoms with Crippen LogP contribution in [-0.2, 0) is 0 Å². The lowest BCUT2D eigenvalue weighted by Crippen LogP contribution is -2.42. The third kappa shape index (κ3) is 2.87. The lowest BCUT2D eigenvalue weighted by Gasteiger charge is -2.35. The van der Waals surface area contributed by atoms with E-state index in [1.807, 2.05) is 28.9 Å². The molecule has 2 aromatic heterocycles. The zero-order valence-corrected chi connectivity index (χ0v) is 13.7. The Bertz CT molecular complexity index is 831. The average Bonchev–Trinajstić information content (AvgIpc) is 3.12. The van der Waals surface area contributed by atoms with E-state index in [0.29, 0.717) is 6.04 Å². The van der Waals surface area contributed by atoms with E-state index in [1.54, 1.807) is 19.6 Å². The molecule has 0 amide bonds. The Morgan fingerprint density at radius 2 is 2.29 bits per heavy atom. The molecule has 1 aliphatic rings. The first-order chi connectivity index (χ1) is 11.8. The number of nitrogens with one attached hydrogen (secondary N) is 1. The summed E-state index contributed by atoms with van der Waals surface area (Å²) in [7, 11) is 1.71. The van der Waals surface area contributed by atoms with E-state index in [-0.39, 0.29) is 0 Å². The summed E-state index contributed by atoms with van der Waals surface area (Å²) in [6, 6.07) is 8.62. The Morgan fingerprint density at radius 1 is 1.33 bits per heavy atom. The minimum absolute atomic E-state index is 0.360. The van der Waals surface area contributed by atoms with Crippen LogP contribution >= 0.6 is 0 Å². The van der Waals surface area contributed by atoms with Crippen molar-refractivity contribution in [3.05, 3.63) is 49.2 Å². The van der Waals surface area contributed by atoms with Crippen LogP contribution in [0.15, 0.2) is 49.2 Å². The van der Waals surface area contributed by atoms with Crippen LogP contribution in [0.2, 0.25) is 0 Å². The molecule has 1 unspecified atom stereocenters. The number of fused-ring (bicyclic) bond motifs is 1. The normalized spacial score (nSPS) is 17.9. The van der Waals surface area contributed by atoms with Gasteiger partial charge in [0.15, 0.2) is 5.82 Å². The summed E-state index contributed by atoms with van der Waals surface area (Å²) in [5.41, 5.74) is 2.22. The highest BCUT2D eigenvalue weighted by atomic mass is 16.5. The second-order valence-electron chi connectivity index (χ2n) is 6.09. The molecule has 0 radical (unpaired) electrons. The molecule has 3 heterocycles. The van der Waals surface area contributed by atoms with Gasteiger partial charge < -0.3 is 19.4 Å². The van der Waals surface area contributed by atoms with Crippen molar-refractivity contribution in [3.63, 3.8) is 0 Å². The van der Waals surface area contributed by atoms with E-state index in [1.165, 1.54) is 5.69 Å². The molecule has 6 heteroatoms. The first kappa shape index (κ1) is 14.8. The lowest BCUT2D eigenvalue weighted by atomic mass is 10.0. The SMILES string of the molecule is COc1cccc(N2CCCC(Nc3nccn4cncc34)C2)c1. The molecular weight excluding hydrogens is 302 g/mol. The van der Waals surface area contributed by atoms with Crippen LogP contribution in [0, 0.1) is 0 Å². The average molecular weight is 323 g/mol. The van der Waals surface area contributed by atoms with Crippen LogP contribution in [0.4, 0.5) is 11.5 Å². The van der Waals surface area contributed by atoms with E-state index < -0.39 is 0 Å². The van der Waals surface area contributed by atoms with Gasteiger partial charge in [-0.25, -0.2) is 9.97 Å². The third-order valence-electron chi connectivity index (χ3n) is 4.52. The van der Waals surface area contributed by atoms with Gasteiger partial charge in [-0.2, -0.15) is 0 Å². The van der Waals surface area contributed by atoms with Gasteiger partial charge in [-0.3, -0.25) is 0 Å². The Labute approximate surface area is 141 Å². The van der Waals surface area contributed by atoms with Gasteiger partial charge in [-0.15, -0.1) is 0 Å². The van der Waals surface area contributed by atoms with Crippen LogP contribution in [-0.4, -0.2) is 40.6 Å². The molecule has 0 aliphatic carbocycles. The molecule has 24 heavy (non-hydrogen) atoms. The molecule has 1 fully saturated rings. The number of nitrogens with zero attached hydrogens (tertiary/aromatic N) is 4. The van der Waals surface area contributed by atoms with Crippen molar-refractivity contribution in [1.29, 1.82) is 0 Å². The number of imidazole rings is 1. The fourth-order valence-electron chi connectivity index (χ4n) is 3.29. The van der Waals surface area contributed by atoms with Crippen molar-refractivity contribution in [2.24, 2.45) is 0 Å². The van der Waals surface area contributed by atoms with Gasteiger partial charge in [-0.05, 0) is 25.0 Å². The molecule has 124 valence electrons. The molecule has 0 bridgehead atoms. The minimum atomic E-state index is 0.360. The molecule has 0 saturated carbocycles. The molecular formula is C18H21N5O. The summed E-state index contributed by atoms with van der Waals surface area (Å²) in [6.07, 6.45) is 9.65. The molecule has 1 aromatic carbocycles. The Hall–Kier alpha value is -2.76. The second-order valence-corrected chi connectivity index (χ2v) is 6.09. The molecule has 1 atom stereocenters. The first-order valence-corrected chi connectivity index (χ1v) is 8.26. The molecule has 1 saturated heterocycles. The van der Waals surface area contributed by atoms with Crippen molar-refractivity contribution >= 4 is 17.0 Å². The first-order valence-electron chi connectivity index (χ1n) is 8.26. The van der Waals surface area contributed by atoms with Crippen LogP contribution in [0.5, 0.6) is 5.75 Å². The Morgan fingerprint density at radius 3 is 3.21 bits per heavy atom. The Balaban J connectivity index is 1.51. The van der Waals surface area contributed by atoms with Crippen LogP contribution < -0.4 is 15.0 Å². The minimum Gasteiger partial charge on any atom is -0.497 e. The van der Waals surface area contributed by atoms with Crippen molar-refractivity contribution in [2.45, 2.75) is 18.9 Å².